The number of unbranched alkanes of at least 4 members (excludes halogenated alkanes) is 3. The Hall–Kier alpha value is -1.57. The number of rotatable bonds is 11. The summed E-state index contributed by atoms with van der Waals surface area (Å²) in [5.41, 5.74) is 4.24. The quantitative estimate of drug-likeness (QED) is 0.191. The monoisotopic (exact) mass is 450 g/mol. The summed E-state index contributed by atoms with van der Waals surface area (Å²) in [7, 11) is 0. The van der Waals surface area contributed by atoms with Crippen LogP contribution >= 0.6 is 0 Å². The molecular weight excluding hydrogens is 404 g/mol. The van der Waals surface area contributed by atoms with Crippen LogP contribution in [0, 0.1) is 5.41 Å². The largest absolute Gasteiger partial charge is 0.462 e. The lowest BCUT2D eigenvalue weighted by Gasteiger charge is -2.54. The standard InChI is InChI=1S/C31H46O2/c1-3-5-7-9-29(32)33-28-16-12-26(13-17-28)25-10-14-27(15-11-25)31-22-19-30(20-23-31,21-24-31)18-8-6-4-2/h3,10-11,14-15,26,28H,1,4-9,12-13,16-24H2,2H3. The zero-order valence-corrected chi connectivity index (χ0v) is 21.1. The van der Waals surface area contributed by atoms with Gasteiger partial charge in [0.1, 0.15) is 6.10 Å². The van der Waals surface area contributed by atoms with Gasteiger partial charge >= 0.3 is 5.97 Å². The Morgan fingerprint density at radius 2 is 1.64 bits per heavy atom. The Labute approximate surface area is 202 Å². The van der Waals surface area contributed by atoms with Crippen molar-refractivity contribution >= 4 is 5.97 Å². The number of carbonyl (C=O) groups excluding carboxylic acids is 1. The van der Waals surface area contributed by atoms with E-state index >= 15 is 0 Å². The van der Waals surface area contributed by atoms with Gasteiger partial charge in [0.15, 0.2) is 0 Å². The molecule has 0 N–H and O–H groups in total. The molecule has 2 bridgehead atoms. The van der Waals surface area contributed by atoms with Crippen LogP contribution in [0.5, 0.6) is 0 Å². The van der Waals surface area contributed by atoms with Crippen LogP contribution in [0.15, 0.2) is 36.9 Å². The third-order valence-electron chi connectivity index (χ3n) is 9.47. The maximum absolute atomic E-state index is 12.0. The van der Waals surface area contributed by atoms with E-state index in [1.807, 2.05) is 6.08 Å². The van der Waals surface area contributed by atoms with Gasteiger partial charge in [0, 0.05) is 6.42 Å². The van der Waals surface area contributed by atoms with Gasteiger partial charge in [-0.05, 0) is 111 Å². The van der Waals surface area contributed by atoms with Crippen LogP contribution in [0.25, 0.3) is 0 Å². The van der Waals surface area contributed by atoms with Gasteiger partial charge in [0.05, 0.1) is 0 Å². The van der Waals surface area contributed by atoms with Gasteiger partial charge in [0.2, 0.25) is 0 Å². The van der Waals surface area contributed by atoms with Crippen molar-refractivity contribution < 1.29 is 9.53 Å². The first-order valence-corrected chi connectivity index (χ1v) is 14.0. The molecule has 1 aromatic carbocycles. The van der Waals surface area contributed by atoms with Crippen molar-refractivity contribution in [2.24, 2.45) is 5.41 Å². The Morgan fingerprint density at radius 1 is 0.970 bits per heavy atom. The molecule has 4 saturated carbocycles. The summed E-state index contributed by atoms with van der Waals surface area (Å²) >= 11 is 0. The summed E-state index contributed by atoms with van der Waals surface area (Å²) in [6, 6.07) is 9.79. The highest BCUT2D eigenvalue weighted by molar-refractivity contribution is 5.69. The van der Waals surface area contributed by atoms with Crippen LogP contribution in [0.3, 0.4) is 0 Å². The molecule has 182 valence electrons. The number of benzene rings is 1. The maximum Gasteiger partial charge on any atom is 0.306 e. The molecule has 4 fully saturated rings. The Morgan fingerprint density at radius 3 is 2.24 bits per heavy atom. The van der Waals surface area contributed by atoms with E-state index in [1.165, 1.54) is 69.8 Å². The predicted octanol–water partition coefficient (Wildman–Crippen LogP) is 8.78. The fraction of sp³-hybridized carbons (Fsp3) is 0.710. The topological polar surface area (TPSA) is 26.3 Å². The minimum atomic E-state index is -0.0294. The van der Waals surface area contributed by atoms with E-state index in [9.17, 15) is 4.79 Å². The molecule has 5 rings (SSSR count). The van der Waals surface area contributed by atoms with E-state index in [-0.39, 0.29) is 12.1 Å². The van der Waals surface area contributed by atoms with Crippen molar-refractivity contribution in [3.05, 3.63) is 48.0 Å². The number of hydrogen-bond donors (Lipinski definition) is 0. The zero-order valence-electron chi connectivity index (χ0n) is 21.1. The molecule has 0 amide bonds. The molecule has 2 nitrogen and oxygen atoms in total. The van der Waals surface area contributed by atoms with Crippen molar-refractivity contribution in [3.8, 4) is 0 Å². The average Bonchev–Trinajstić information content (AvgIpc) is 2.86. The second-order valence-corrected chi connectivity index (χ2v) is 11.5. The summed E-state index contributed by atoms with van der Waals surface area (Å²) < 4.78 is 5.72. The summed E-state index contributed by atoms with van der Waals surface area (Å²) in [6.45, 7) is 6.04. The number of ether oxygens (including phenoxy) is 1. The lowest BCUT2D eigenvalue weighted by Crippen LogP contribution is -2.44. The van der Waals surface area contributed by atoms with Gasteiger partial charge < -0.3 is 4.74 Å². The minimum Gasteiger partial charge on any atom is -0.462 e. The molecular formula is C31H46O2. The SMILES string of the molecule is C=CCCCC(=O)OC1CCC(c2ccc(C34CCC(CCCCC)(CC3)CC4)cc2)CC1. The van der Waals surface area contributed by atoms with Crippen LogP contribution in [0.4, 0.5) is 0 Å². The molecule has 0 radical (unpaired) electrons. The Balaban J connectivity index is 1.26. The molecule has 4 aliphatic rings. The average molecular weight is 451 g/mol. The predicted molar refractivity (Wildman–Crippen MR) is 138 cm³/mol. The zero-order chi connectivity index (χ0) is 23.2. The maximum atomic E-state index is 12.0. The fourth-order valence-corrected chi connectivity index (χ4v) is 7.08. The molecule has 0 saturated heterocycles. The molecule has 4 aliphatic carbocycles. The van der Waals surface area contributed by atoms with Crippen molar-refractivity contribution in [2.45, 2.75) is 134 Å². The van der Waals surface area contributed by atoms with Crippen LogP contribution in [0.2, 0.25) is 0 Å². The number of allylic oxidation sites excluding steroid dienone is 1. The Bertz CT molecular complexity index is 744. The lowest BCUT2D eigenvalue weighted by atomic mass is 9.51. The smallest absolute Gasteiger partial charge is 0.306 e. The first-order valence-electron chi connectivity index (χ1n) is 14.0. The van der Waals surface area contributed by atoms with Crippen molar-refractivity contribution in [1.29, 1.82) is 0 Å². The van der Waals surface area contributed by atoms with Gasteiger partial charge in [-0.15, -0.1) is 6.58 Å². The van der Waals surface area contributed by atoms with E-state index in [1.54, 1.807) is 5.56 Å². The van der Waals surface area contributed by atoms with E-state index in [2.05, 4.69) is 37.8 Å². The van der Waals surface area contributed by atoms with Gasteiger partial charge in [-0.1, -0.05) is 56.5 Å². The number of esters is 1. The minimum absolute atomic E-state index is 0.0294. The van der Waals surface area contributed by atoms with Crippen molar-refractivity contribution in [2.75, 3.05) is 0 Å². The van der Waals surface area contributed by atoms with Crippen LogP contribution in [0.1, 0.15) is 133 Å². The van der Waals surface area contributed by atoms with E-state index in [4.69, 9.17) is 4.74 Å². The van der Waals surface area contributed by atoms with Gasteiger partial charge in [-0.2, -0.15) is 0 Å². The van der Waals surface area contributed by atoms with E-state index in [0.717, 1.165) is 38.5 Å². The van der Waals surface area contributed by atoms with Gasteiger partial charge in [-0.3, -0.25) is 4.79 Å². The van der Waals surface area contributed by atoms with Crippen molar-refractivity contribution in [1.82, 2.24) is 0 Å². The van der Waals surface area contributed by atoms with E-state index < -0.39 is 0 Å². The van der Waals surface area contributed by atoms with Crippen LogP contribution in [-0.4, -0.2) is 12.1 Å². The Kier molecular flexibility index (Phi) is 8.36. The third-order valence-corrected chi connectivity index (χ3v) is 9.47. The molecule has 0 aromatic heterocycles. The summed E-state index contributed by atoms with van der Waals surface area (Å²) in [4.78, 5) is 12.0. The number of carbonyl (C=O) groups is 1. The first kappa shape index (κ1) is 24.6. The first-order chi connectivity index (χ1) is 16.1. The molecule has 0 spiro atoms. The normalized spacial score (nSPS) is 31.3. The third kappa shape index (κ3) is 5.92. The highest BCUT2D eigenvalue weighted by atomic mass is 16.5. The van der Waals surface area contributed by atoms with E-state index in [0.29, 0.717) is 23.2 Å². The van der Waals surface area contributed by atoms with Gasteiger partial charge in [-0.25, -0.2) is 0 Å². The van der Waals surface area contributed by atoms with Crippen molar-refractivity contribution in [3.63, 3.8) is 0 Å². The van der Waals surface area contributed by atoms with Crippen LogP contribution in [-0.2, 0) is 14.9 Å². The number of hydrogen-bond acceptors (Lipinski definition) is 2. The summed E-state index contributed by atoms with van der Waals surface area (Å²) in [5, 5.41) is 0. The molecule has 0 unspecified atom stereocenters. The summed E-state index contributed by atoms with van der Waals surface area (Å²) in [6.07, 6.45) is 22.8. The molecule has 2 heteroatoms. The molecule has 0 heterocycles. The highest BCUT2D eigenvalue weighted by Crippen LogP contribution is 2.59. The summed E-state index contributed by atoms with van der Waals surface area (Å²) in [5.74, 6) is 0.592. The second-order valence-electron chi connectivity index (χ2n) is 11.5. The lowest BCUT2D eigenvalue weighted by molar-refractivity contribution is -0.150. The molecule has 0 aliphatic heterocycles. The number of fused-ring (bicyclic) bond motifs is 3. The second kappa shape index (κ2) is 11.2. The van der Waals surface area contributed by atoms with Gasteiger partial charge in [0.25, 0.3) is 0 Å². The molecule has 1 aromatic rings. The fourth-order valence-electron chi connectivity index (χ4n) is 7.08. The van der Waals surface area contributed by atoms with Crippen LogP contribution < -0.4 is 0 Å². The molecule has 0 atom stereocenters. The molecule has 33 heavy (non-hydrogen) atoms. The highest BCUT2D eigenvalue weighted by Gasteiger charge is 2.48.